The summed E-state index contributed by atoms with van der Waals surface area (Å²) in [5, 5.41) is 3.15. The van der Waals surface area contributed by atoms with Crippen LogP contribution in [0.2, 0.25) is 0 Å². The lowest BCUT2D eigenvalue weighted by atomic mass is 9.95. The van der Waals surface area contributed by atoms with Gasteiger partial charge in [-0.25, -0.2) is 0 Å². The van der Waals surface area contributed by atoms with Crippen molar-refractivity contribution in [3.63, 3.8) is 0 Å². The van der Waals surface area contributed by atoms with Crippen LogP contribution in [0.5, 0.6) is 11.5 Å². The Morgan fingerprint density at radius 2 is 1.88 bits per heavy atom. The molecule has 2 heterocycles. The maximum Gasteiger partial charge on any atom is 0.261 e. The van der Waals surface area contributed by atoms with E-state index in [1.54, 1.807) is 0 Å². The average molecular weight is 489 g/mol. The molecule has 0 saturated carbocycles. The van der Waals surface area contributed by atoms with Gasteiger partial charge in [0.25, 0.3) is 5.91 Å². The number of amides is 1. The van der Waals surface area contributed by atoms with Gasteiger partial charge >= 0.3 is 0 Å². The standard InChI is InChI=1S/C18H19Br2NO3S/c1-10(2)16(21-18(22)15-9-12(19)17(20)25-15)11-4-5-13-14(8-11)24-7-3-6-23-13/h4-5,8-10,16H,3,6-7H2,1-2H3,(H,21,22)/t16-/m0/s1. The zero-order valence-corrected chi connectivity index (χ0v) is 18.0. The summed E-state index contributed by atoms with van der Waals surface area (Å²) in [5.74, 6) is 1.67. The van der Waals surface area contributed by atoms with E-state index >= 15 is 0 Å². The smallest absolute Gasteiger partial charge is 0.261 e. The maximum atomic E-state index is 12.6. The molecule has 0 fully saturated rings. The largest absolute Gasteiger partial charge is 0.490 e. The minimum atomic E-state index is -0.107. The van der Waals surface area contributed by atoms with Crippen molar-refractivity contribution in [3.8, 4) is 11.5 Å². The van der Waals surface area contributed by atoms with Crippen LogP contribution in [0, 0.1) is 5.92 Å². The molecule has 0 unspecified atom stereocenters. The minimum Gasteiger partial charge on any atom is -0.490 e. The van der Waals surface area contributed by atoms with Crippen molar-refractivity contribution in [1.29, 1.82) is 0 Å². The molecule has 3 rings (SSSR count). The lowest BCUT2D eigenvalue weighted by Gasteiger charge is -2.23. The van der Waals surface area contributed by atoms with Gasteiger partial charge in [0.05, 0.1) is 27.9 Å². The normalized spacial score (nSPS) is 14.9. The van der Waals surface area contributed by atoms with Gasteiger partial charge in [0, 0.05) is 10.9 Å². The lowest BCUT2D eigenvalue weighted by molar-refractivity contribution is 0.0929. The van der Waals surface area contributed by atoms with Crippen LogP contribution in [-0.2, 0) is 0 Å². The van der Waals surface area contributed by atoms with Gasteiger partial charge in [0.15, 0.2) is 11.5 Å². The van der Waals surface area contributed by atoms with Crippen molar-refractivity contribution in [2.75, 3.05) is 13.2 Å². The topological polar surface area (TPSA) is 47.6 Å². The SMILES string of the molecule is CC(C)[C@H](NC(=O)c1cc(Br)c(Br)s1)c1ccc2c(c1)OCCCO2. The van der Waals surface area contributed by atoms with Crippen LogP contribution in [0.4, 0.5) is 0 Å². The van der Waals surface area contributed by atoms with Crippen LogP contribution in [-0.4, -0.2) is 19.1 Å². The Morgan fingerprint density at radius 1 is 1.16 bits per heavy atom. The molecule has 0 bridgehead atoms. The fraction of sp³-hybridized carbons (Fsp3) is 0.389. The Balaban J connectivity index is 1.83. The number of benzene rings is 1. The van der Waals surface area contributed by atoms with E-state index < -0.39 is 0 Å². The van der Waals surface area contributed by atoms with Crippen LogP contribution in [0.3, 0.4) is 0 Å². The fourth-order valence-electron chi connectivity index (χ4n) is 2.68. The molecule has 1 N–H and O–H groups in total. The molecule has 134 valence electrons. The van der Waals surface area contributed by atoms with Gasteiger partial charge in [0.2, 0.25) is 0 Å². The predicted molar refractivity (Wildman–Crippen MR) is 107 cm³/mol. The first-order chi connectivity index (χ1) is 12.0. The van der Waals surface area contributed by atoms with Gasteiger partial charge in [-0.05, 0) is 61.5 Å². The highest BCUT2D eigenvalue weighted by Crippen LogP contribution is 2.35. The Kier molecular flexibility index (Phi) is 6.07. The second-order valence-electron chi connectivity index (χ2n) is 6.18. The summed E-state index contributed by atoms with van der Waals surface area (Å²) >= 11 is 8.27. The molecule has 1 aromatic carbocycles. The highest BCUT2D eigenvalue weighted by molar-refractivity contribution is 9.13. The number of hydrogen-bond acceptors (Lipinski definition) is 4. The number of ether oxygens (including phenoxy) is 2. The van der Waals surface area contributed by atoms with E-state index in [2.05, 4.69) is 51.0 Å². The second-order valence-corrected chi connectivity index (χ2v) is 9.41. The summed E-state index contributed by atoms with van der Waals surface area (Å²) in [5.41, 5.74) is 1.02. The van der Waals surface area contributed by atoms with Gasteiger partial charge in [-0.15, -0.1) is 11.3 Å². The molecule has 0 saturated heterocycles. The Hall–Kier alpha value is -1.05. The number of thiophene rings is 1. The van der Waals surface area contributed by atoms with Crippen LogP contribution in [0.1, 0.15) is 41.5 Å². The molecule has 1 aliphatic rings. The Labute approximate surface area is 168 Å². The minimum absolute atomic E-state index is 0.0813. The maximum absolute atomic E-state index is 12.6. The van der Waals surface area contributed by atoms with Crippen molar-refractivity contribution < 1.29 is 14.3 Å². The molecule has 0 radical (unpaired) electrons. The van der Waals surface area contributed by atoms with Gasteiger partial charge in [-0.1, -0.05) is 19.9 Å². The van der Waals surface area contributed by atoms with E-state index in [1.807, 2.05) is 24.3 Å². The molecule has 1 amide bonds. The van der Waals surface area contributed by atoms with Gasteiger partial charge < -0.3 is 14.8 Å². The number of carbonyl (C=O) groups excluding carboxylic acids is 1. The van der Waals surface area contributed by atoms with Crippen LogP contribution < -0.4 is 14.8 Å². The summed E-state index contributed by atoms with van der Waals surface area (Å²) < 4.78 is 13.3. The molecule has 25 heavy (non-hydrogen) atoms. The first kappa shape index (κ1) is 18.7. The molecule has 1 aromatic heterocycles. The summed E-state index contributed by atoms with van der Waals surface area (Å²) in [6.07, 6.45) is 0.872. The summed E-state index contributed by atoms with van der Waals surface area (Å²) in [7, 11) is 0. The van der Waals surface area contributed by atoms with Crippen molar-refractivity contribution in [2.45, 2.75) is 26.3 Å². The van der Waals surface area contributed by atoms with Crippen molar-refractivity contribution in [3.05, 3.63) is 43.0 Å². The number of halogens is 2. The number of fused-ring (bicyclic) bond motifs is 1. The van der Waals surface area contributed by atoms with Crippen LogP contribution in [0.15, 0.2) is 32.5 Å². The second kappa shape index (κ2) is 8.10. The van der Waals surface area contributed by atoms with E-state index in [4.69, 9.17) is 9.47 Å². The molecule has 0 aliphatic carbocycles. The predicted octanol–water partition coefficient (Wildman–Crippen LogP) is 5.56. The van der Waals surface area contributed by atoms with Crippen molar-refractivity contribution in [1.82, 2.24) is 5.32 Å². The summed E-state index contributed by atoms with van der Waals surface area (Å²) in [4.78, 5) is 13.3. The van der Waals surface area contributed by atoms with E-state index in [1.165, 1.54) is 11.3 Å². The van der Waals surface area contributed by atoms with Gasteiger partial charge in [-0.3, -0.25) is 4.79 Å². The number of nitrogens with one attached hydrogen (secondary N) is 1. The van der Waals surface area contributed by atoms with Crippen molar-refractivity contribution >= 4 is 49.1 Å². The molecule has 0 spiro atoms. The monoisotopic (exact) mass is 487 g/mol. The molecule has 1 aliphatic heterocycles. The quantitative estimate of drug-likeness (QED) is 0.612. The van der Waals surface area contributed by atoms with Crippen LogP contribution in [0.25, 0.3) is 0 Å². The summed E-state index contributed by atoms with van der Waals surface area (Å²) in [6.45, 7) is 5.49. The van der Waals surface area contributed by atoms with Gasteiger partial charge in [0.1, 0.15) is 0 Å². The number of rotatable bonds is 4. The number of carbonyl (C=O) groups is 1. The first-order valence-corrected chi connectivity index (χ1v) is 10.5. The third kappa shape index (κ3) is 4.38. The van der Waals surface area contributed by atoms with E-state index in [-0.39, 0.29) is 17.9 Å². The van der Waals surface area contributed by atoms with E-state index in [9.17, 15) is 4.79 Å². The fourth-order valence-corrected chi connectivity index (χ4v) is 4.62. The van der Waals surface area contributed by atoms with Crippen molar-refractivity contribution in [2.24, 2.45) is 5.92 Å². The van der Waals surface area contributed by atoms with Gasteiger partial charge in [-0.2, -0.15) is 0 Å². The molecular formula is C18H19Br2NO3S. The third-order valence-corrected chi connectivity index (χ3v) is 7.21. The Morgan fingerprint density at radius 3 is 2.52 bits per heavy atom. The zero-order valence-electron chi connectivity index (χ0n) is 14.0. The van der Waals surface area contributed by atoms with E-state index in [0.717, 1.165) is 31.7 Å². The molecule has 1 atom stereocenters. The highest BCUT2D eigenvalue weighted by atomic mass is 79.9. The molecule has 4 nitrogen and oxygen atoms in total. The lowest BCUT2D eigenvalue weighted by Crippen LogP contribution is -2.31. The van der Waals surface area contributed by atoms with E-state index in [0.29, 0.717) is 18.1 Å². The average Bonchev–Trinajstić information content (AvgIpc) is 2.79. The van der Waals surface area contributed by atoms with Crippen LogP contribution >= 0.6 is 43.2 Å². The highest BCUT2D eigenvalue weighted by Gasteiger charge is 2.23. The third-order valence-electron chi connectivity index (χ3n) is 3.95. The first-order valence-electron chi connectivity index (χ1n) is 8.11. The zero-order chi connectivity index (χ0) is 18.0. The number of hydrogen-bond donors (Lipinski definition) is 1. The molecule has 2 aromatic rings. The Bertz CT molecular complexity index is 756. The summed E-state index contributed by atoms with van der Waals surface area (Å²) in [6, 6.07) is 7.62. The molecular weight excluding hydrogens is 470 g/mol. The molecule has 7 heteroatoms.